The molecule has 0 spiro atoms. The minimum Gasteiger partial charge on any atom is -0.489 e. The summed E-state index contributed by atoms with van der Waals surface area (Å²) in [5.41, 5.74) is 5.95. The molecule has 0 heterocycles. The predicted molar refractivity (Wildman–Crippen MR) is 126 cm³/mol. The number of carbonyl (C=O) groups excluding carboxylic acids is 1. The lowest BCUT2D eigenvalue weighted by molar-refractivity contribution is -0.114. The quantitative estimate of drug-likeness (QED) is 0.439. The third kappa shape index (κ3) is 4.37. The van der Waals surface area contributed by atoms with Crippen LogP contribution >= 0.6 is 0 Å². The van der Waals surface area contributed by atoms with Gasteiger partial charge in [-0.05, 0) is 46.7 Å². The number of hydrogen-bond acceptors (Lipinski definition) is 4. The molecule has 4 rings (SSSR count). The van der Waals surface area contributed by atoms with Crippen molar-refractivity contribution in [1.82, 2.24) is 5.32 Å². The van der Waals surface area contributed by atoms with Gasteiger partial charge in [-0.1, -0.05) is 72.7 Å². The number of benzene rings is 3. The third-order valence-corrected chi connectivity index (χ3v) is 6.03. The van der Waals surface area contributed by atoms with Crippen molar-refractivity contribution in [3.63, 3.8) is 0 Å². The third-order valence-electron chi connectivity index (χ3n) is 6.03. The minimum atomic E-state index is -0.311. The monoisotopic (exact) mass is 428 g/mol. The summed E-state index contributed by atoms with van der Waals surface area (Å²) in [6, 6.07) is 24.6. The first kappa shape index (κ1) is 21.6. The number of fused-ring (bicyclic) bond motifs is 1. The molecule has 0 fully saturated rings. The summed E-state index contributed by atoms with van der Waals surface area (Å²) in [6.07, 6.45) is 1.12. The standard InChI is InChI=1S/C27H28N2O3/c1-18-16-20-8-4-6-10-23(20)25(18)19-12-14-22(15-13-19)32-17-21-9-5-7-11-24(21)26(29-31-3)27(30)28-2/h4-15,18,25H,16-17H2,1-3H3,(H,28,30)/b29-26-. The molecule has 0 saturated carbocycles. The van der Waals surface area contributed by atoms with Crippen LogP contribution in [-0.4, -0.2) is 25.8 Å². The Balaban J connectivity index is 1.51. The van der Waals surface area contributed by atoms with E-state index in [-0.39, 0.29) is 11.6 Å². The van der Waals surface area contributed by atoms with Crippen LogP contribution in [0.1, 0.15) is 40.7 Å². The molecule has 164 valence electrons. The zero-order valence-electron chi connectivity index (χ0n) is 18.7. The fraction of sp³-hybridized carbons (Fsp3) is 0.259. The Bertz CT molecular complexity index is 1120. The Morgan fingerprint density at radius 3 is 2.50 bits per heavy atom. The SMILES string of the molecule is CNC(=O)/C(=N\OC)c1ccccc1COc1ccc(C2c3ccccc3CC2C)cc1. The van der Waals surface area contributed by atoms with Gasteiger partial charge in [0, 0.05) is 18.5 Å². The van der Waals surface area contributed by atoms with Crippen LogP contribution in [0, 0.1) is 5.92 Å². The highest BCUT2D eigenvalue weighted by Crippen LogP contribution is 2.42. The van der Waals surface area contributed by atoms with Crippen molar-refractivity contribution < 1.29 is 14.4 Å². The van der Waals surface area contributed by atoms with E-state index in [1.165, 1.54) is 23.8 Å². The van der Waals surface area contributed by atoms with Crippen molar-refractivity contribution >= 4 is 11.6 Å². The van der Waals surface area contributed by atoms with Gasteiger partial charge >= 0.3 is 0 Å². The lowest BCUT2D eigenvalue weighted by atomic mass is 9.87. The van der Waals surface area contributed by atoms with E-state index in [9.17, 15) is 4.79 Å². The van der Waals surface area contributed by atoms with Crippen LogP contribution < -0.4 is 10.1 Å². The van der Waals surface area contributed by atoms with Gasteiger partial charge in [0.15, 0.2) is 5.71 Å². The van der Waals surface area contributed by atoms with Gasteiger partial charge in [0.25, 0.3) is 5.91 Å². The molecule has 0 radical (unpaired) electrons. The van der Waals surface area contributed by atoms with E-state index >= 15 is 0 Å². The van der Waals surface area contributed by atoms with E-state index in [2.05, 4.69) is 53.8 Å². The van der Waals surface area contributed by atoms with Crippen molar-refractivity contribution in [2.24, 2.45) is 11.1 Å². The lowest BCUT2D eigenvalue weighted by Gasteiger charge is -2.18. The predicted octanol–water partition coefficient (Wildman–Crippen LogP) is 4.69. The maximum absolute atomic E-state index is 12.2. The fourth-order valence-corrected chi connectivity index (χ4v) is 4.54. The molecule has 1 aliphatic carbocycles. The number of nitrogens with one attached hydrogen (secondary N) is 1. The van der Waals surface area contributed by atoms with Crippen LogP contribution in [0.15, 0.2) is 78.0 Å². The highest BCUT2D eigenvalue weighted by molar-refractivity contribution is 6.45. The number of nitrogens with zero attached hydrogens (tertiary/aromatic N) is 1. The molecule has 1 N–H and O–H groups in total. The number of carbonyl (C=O) groups is 1. The van der Waals surface area contributed by atoms with E-state index in [0.717, 1.165) is 17.7 Å². The molecule has 0 bridgehead atoms. The van der Waals surface area contributed by atoms with Gasteiger partial charge in [0.2, 0.25) is 0 Å². The van der Waals surface area contributed by atoms with Gasteiger partial charge < -0.3 is 14.9 Å². The molecule has 2 atom stereocenters. The van der Waals surface area contributed by atoms with Gasteiger partial charge in [-0.15, -0.1) is 0 Å². The molecule has 3 aromatic carbocycles. The summed E-state index contributed by atoms with van der Waals surface area (Å²) < 4.78 is 6.06. The summed E-state index contributed by atoms with van der Waals surface area (Å²) >= 11 is 0. The molecule has 5 heteroatoms. The number of ether oxygens (including phenoxy) is 1. The summed E-state index contributed by atoms with van der Waals surface area (Å²) in [5, 5.41) is 6.51. The first-order valence-corrected chi connectivity index (χ1v) is 10.8. The lowest BCUT2D eigenvalue weighted by Crippen LogP contribution is -2.29. The highest BCUT2D eigenvalue weighted by Gasteiger charge is 2.30. The Kier molecular flexibility index (Phi) is 6.55. The van der Waals surface area contributed by atoms with Gasteiger partial charge in [-0.25, -0.2) is 0 Å². The summed E-state index contributed by atoms with van der Waals surface area (Å²) in [7, 11) is 2.99. The number of oxime groups is 1. The first-order chi connectivity index (χ1) is 15.6. The number of hydrogen-bond donors (Lipinski definition) is 1. The summed E-state index contributed by atoms with van der Waals surface area (Å²) in [6.45, 7) is 2.63. The Morgan fingerprint density at radius 1 is 1.03 bits per heavy atom. The van der Waals surface area contributed by atoms with E-state index in [0.29, 0.717) is 24.0 Å². The molecule has 1 amide bonds. The number of amides is 1. The van der Waals surface area contributed by atoms with Gasteiger partial charge in [0.05, 0.1) is 0 Å². The van der Waals surface area contributed by atoms with Crippen LogP contribution in [0.25, 0.3) is 0 Å². The molecule has 0 saturated heterocycles. The van der Waals surface area contributed by atoms with Crippen LogP contribution in [-0.2, 0) is 22.7 Å². The first-order valence-electron chi connectivity index (χ1n) is 10.8. The molecule has 3 aromatic rings. The average Bonchev–Trinajstić information content (AvgIpc) is 3.17. The largest absolute Gasteiger partial charge is 0.489 e. The maximum atomic E-state index is 12.2. The highest BCUT2D eigenvalue weighted by atomic mass is 16.6. The van der Waals surface area contributed by atoms with E-state index in [4.69, 9.17) is 9.57 Å². The maximum Gasteiger partial charge on any atom is 0.273 e. The normalized spacial score (nSPS) is 17.5. The molecular weight excluding hydrogens is 400 g/mol. The van der Waals surface area contributed by atoms with E-state index in [1.54, 1.807) is 7.05 Å². The van der Waals surface area contributed by atoms with Crippen molar-refractivity contribution in [3.05, 3.63) is 101 Å². The van der Waals surface area contributed by atoms with Crippen molar-refractivity contribution in [2.75, 3.05) is 14.2 Å². The minimum absolute atomic E-state index is 0.221. The second kappa shape index (κ2) is 9.69. The van der Waals surface area contributed by atoms with E-state index in [1.807, 2.05) is 36.4 Å². The van der Waals surface area contributed by atoms with Crippen molar-refractivity contribution in [3.8, 4) is 5.75 Å². The smallest absolute Gasteiger partial charge is 0.273 e. The van der Waals surface area contributed by atoms with Gasteiger partial charge in [-0.3, -0.25) is 4.79 Å². The molecule has 5 nitrogen and oxygen atoms in total. The molecule has 32 heavy (non-hydrogen) atoms. The van der Waals surface area contributed by atoms with Crippen molar-refractivity contribution in [1.29, 1.82) is 0 Å². The zero-order valence-corrected chi connectivity index (χ0v) is 18.7. The topological polar surface area (TPSA) is 59.9 Å². The molecule has 0 aliphatic heterocycles. The molecular formula is C27H28N2O3. The number of rotatable bonds is 7. The second-order valence-electron chi connectivity index (χ2n) is 8.07. The average molecular weight is 429 g/mol. The van der Waals surface area contributed by atoms with Gasteiger partial charge in [0.1, 0.15) is 19.5 Å². The molecule has 1 aliphatic rings. The molecule has 0 aromatic heterocycles. The number of likely N-dealkylation sites (N-methyl/N-ethyl adjacent to an activating group) is 1. The summed E-state index contributed by atoms with van der Waals surface area (Å²) in [5.74, 6) is 1.47. The fourth-order valence-electron chi connectivity index (χ4n) is 4.54. The Hall–Kier alpha value is -3.60. The second-order valence-corrected chi connectivity index (χ2v) is 8.07. The van der Waals surface area contributed by atoms with E-state index < -0.39 is 0 Å². The van der Waals surface area contributed by atoms with Crippen LogP contribution in [0.2, 0.25) is 0 Å². The van der Waals surface area contributed by atoms with Crippen LogP contribution in [0.3, 0.4) is 0 Å². The van der Waals surface area contributed by atoms with Crippen LogP contribution in [0.4, 0.5) is 0 Å². The zero-order chi connectivity index (χ0) is 22.5. The Morgan fingerprint density at radius 2 is 1.75 bits per heavy atom. The molecule has 2 unspecified atom stereocenters. The van der Waals surface area contributed by atoms with Gasteiger partial charge in [-0.2, -0.15) is 0 Å². The Labute approximate surface area is 189 Å². The van der Waals surface area contributed by atoms with Crippen molar-refractivity contribution in [2.45, 2.75) is 25.9 Å². The summed E-state index contributed by atoms with van der Waals surface area (Å²) in [4.78, 5) is 17.1. The van der Waals surface area contributed by atoms with Crippen LogP contribution in [0.5, 0.6) is 5.75 Å².